The summed E-state index contributed by atoms with van der Waals surface area (Å²) in [4.78, 5) is 0. The molecule has 1 N–H and O–H groups in total. The van der Waals surface area contributed by atoms with Crippen molar-refractivity contribution in [2.75, 3.05) is 13.2 Å². The van der Waals surface area contributed by atoms with Crippen molar-refractivity contribution in [3.8, 4) is 0 Å². The maximum Gasteiger partial charge on any atom is 0.0590 e. The van der Waals surface area contributed by atoms with Crippen molar-refractivity contribution >= 4 is 0 Å². The molecule has 15 heavy (non-hydrogen) atoms. The van der Waals surface area contributed by atoms with E-state index in [1.165, 1.54) is 51.5 Å². The summed E-state index contributed by atoms with van der Waals surface area (Å²) in [6.45, 7) is 4.41. The first-order valence-corrected chi connectivity index (χ1v) is 6.73. The van der Waals surface area contributed by atoms with E-state index in [-0.39, 0.29) is 0 Å². The lowest BCUT2D eigenvalue weighted by Gasteiger charge is -2.21. The monoisotopic (exact) mass is 211 g/mol. The van der Waals surface area contributed by atoms with Crippen LogP contribution in [0.15, 0.2) is 0 Å². The van der Waals surface area contributed by atoms with Crippen molar-refractivity contribution in [1.29, 1.82) is 0 Å². The molecule has 88 valence electrons. The lowest BCUT2D eigenvalue weighted by atomic mass is 10.0. The third-order valence-electron chi connectivity index (χ3n) is 3.57. The molecule has 2 fully saturated rings. The highest BCUT2D eigenvalue weighted by atomic mass is 16.5. The van der Waals surface area contributed by atoms with Crippen LogP contribution in [0.5, 0.6) is 0 Å². The zero-order chi connectivity index (χ0) is 10.5. The number of rotatable bonds is 7. The minimum absolute atomic E-state index is 0.554. The van der Waals surface area contributed by atoms with E-state index in [0.717, 1.165) is 18.6 Å². The predicted molar refractivity (Wildman–Crippen MR) is 63.0 cm³/mol. The molecule has 2 nitrogen and oxygen atoms in total. The molecule has 0 spiro atoms. The van der Waals surface area contributed by atoms with Gasteiger partial charge in [-0.1, -0.05) is 19.8 Å². The van der Waals surface area contributed by atoms with Gasteiger partial charge in [0.2, 0.25) is 0 Å². The van der Waals surface area contributed by atoms with E-state index in [1.807, 2.05) is 0 Å². The largest absolute Gasteiger partial charge is 0.378 e. The molecule has 0 aromatic heterocycles. The van der Waals surface area contributed by atoms with Crippen LogP contribution in [0.1, 0.15) is 51.9 Å². The third-order valence-corrected chi connectivity index (χ3v) is 3.57. The Balaban J connectivity index is 1.69. The Hall–Kier alpha value is -0.0800. The van der Waals surface area contributed by atoms with Crippen LogP contribution in [0, 0.1) is 5.92 Å². The second-order valence-corrected chi connectivity index (χ2v) is 5.20. The van der Waals surface area contributed by atoms with Crippen LogP contribution in [0.2, 0.25) is 0 Å². The molecular weight excluding hydrogens is 186 g/mol. The van der Waals surface area contributed by atoms with Gasteiger partial charge < -0.3 is 10.1 Å². The fraction of sp³-hybridized carbons (Fsp3) is 1.00. The molecule has 1 heterocycles. The van der Waals surface area contributed by atoms with Crippen LogP contribution in [0.25, 0.3) is 0 Å². The number of ether oxygens (including phenoxy) is 1. The van der Waals surface area contributed by atoms with Gasteiger partial charge in [0, 0.05) is 12.6 Å². The van der Waals surface area contributed by atoms with E-state index in [1.54, 1.807) is 0 Å². The molecule has 2 atom stereocenters. The van der Waals surface area contributed by atoms with Crippen LogP contribution < -0.4 is 5.32 Å². The normalized spacial score (nSPS) is 28.2. The fourth-order valence-electron chi connectivity index (χ4n) is 2.51. The molecule has 2 heteroatoms. The molecule has 2 unspecified atom stereocenters. The highest BCUT2D eigenvalue weighted by molar-refractivity contribution is 4.83. The van der Waals surface area contributed by atoms with Crippen molar-refractivity contribution < 1.29 is 4.74 Å². The SMILES string of the molecule is CCCNC(CC1CC1)CC1CCCO1. The predicted octanol–water partition coefficient (Wildman–Crippen LogP) is 2.72. The van der Waals surface area contributed by atoms with E-state index in [2.05, 4.69) is 12.2 Å². The first kappa shape index (κ1) is 11.4. The molecule has 0 radical (unpaired) electrons. The average Bonchev–Trinajstić information content (AvgIpc) is 2.90. The first-order valence-electron chi connectivity index (χ1n) is 6.73. The minimum Gasteiger partial charge on any atom is -0.378 e. The maximum atomic E-state index is 5.73. The quantitative estimate of drug-likeness (QED) is 0.699. The first-order chi connectivity index (χ1) is 7.38. The standard InChI is InChI=1S/C13H25NO/c1-2-7-14-12(9-11-5-6-11)10-13-4-3-8-15-13/h11-14H,2-10H2,1H3. The Bertz CT molecular complexity index is 173. The van der Waals surface area contributed by atoms with Crippen LogP contribution >= 0.6 is 0 Å². The zero-order valence-electron chi connectivity index (χ0n) is 10.0. The van der Waals surface area contributed by atoms with Crippen LogP contribution in [0.3, 0.4) is 0 Å². The van der Waals surface area contributed by atoms with Crippen molar-refractivity contribution in [3.63, 3.8) is 0 Å². The Morgan fingerprint density at radius 2 is 2.13 bits per heavy atom. The number of hydrogen-bond acceptors (Lipinski definition) is 2. The Morgan fingerprint density at radius 3 is 2.73 bits per heavy atom. The summed E-state index contributed by atoms with van der Waals surface area (Å²) >= 11 is 0. The van der Waals surface area contributed by atoms with Gasteiger partial charge in [-0.05, 0) is 44.6 Å². The van der Waals surface area contributed by atoms with Gasteiger partial charge in [-0.15, -0.1) is 0 Å². The molecule has 0 bridgehead atoms. The Kier molecular flexibility index (Phi) is 4.45. The van der Waals surface area contributed by atoms with Crippen LogP contribution in [0.4, 0.5) is 0 Å². The summed E-state index contributed by atoms with van der Waals surface area (Å²) in [5.41, 5.74) is 0. The lowest BCUT2D eigenvalue weighted by molar-refractivity contribution is 0.0930. The Labute approximate surface area is 93.8 Å². The summed E-state index contributed by atoms with van der Waals surface area (Å²) in [5, 5.41) is 3.69. The molecule has 1 saturated heterocycles. The smallest absolute Gasteiger partial charge is 0.0590 e. The molecule has 2 rings (SSSR count). The van der Waals surface area contributed by atoms with Crippen molar-refractivity contribution in [2.24, 2.45) is 5.92 Å². The van der Waals surface area contributed by atoms with E-state index >= 15 is 0 Å². The van der Waals surface area contributed by atoms with Gasteiger partial charge in [0.15, 0.2) is 0 Å². The van der Waals surface area contributed by atoms with Gasteiger partial charge in [0.1, 0.15) is 0 Å². The molecule has 2 aliphatic rings. The van der Waals surface area contributed by atoms with E-state index in [4.69, 9.17) is 4.74 Å². The highest BCUT2D eigenvalue weighted by Gasteiger charge is 2.27. The van der Waals surface area contributed by atoms with Crippen LogP contribution in [-0.4, -0.2) is 25.3 Å². The van der Waals surface area contributed by atoms with Gasteiger partial charge in [0.25, 0.3) is 0 Å². The molecule has 0 amide bonds. The van der Waals surface area contributed by atoms with Crippen LogP contribution in [-0.2, 0) is 4.74 Å². The zero-order valence-corrected chi connectivity index (χ0v) is 10.0. The van der Waals surface area contributed by atoms with Crippen molar-refractivity contribution in [2.45, 2.75) is 64.0 Å². The van der Waals surface area contributed by atoms with E-state index in [0.29, 0.717) is 6.10 Å². The highest BCUT2D eigenvalue weighted by Crippen LogP contribution is 2.34. The molecule has 1 aliphatic carbocycles. The van der Waals surface area contributed by atoms with Gasteiger partial charge in [-0.25, -0.2) is 0 Å². The van der Waals surface area contributed by atoms with Gasteiger partial charge in [-0.2, -0.15) is 0 Å². The average molecular weight is 211 g/mol. The summed E-state index contributed by atoms with van der Waals surface area (Å²) < 4.78 is 5.73. The maximum absolute atomic E-state index is 5.73. The third kappa shape index (κ3) is 4.12. The van der Waals surface area contributed by atoms with Crippen molar-refractivity contribution in [3.05, 3.63) is 0 Å². The molecule has 1 saturated carbocycles. The minimum atomic E-state index is 0.554. The van der Waals surface area contributed by atoms with Crippen molar-refractivity contribution in [1.82, 2.24) is 5.32 Å². The van der Waals surface area contributed by atoms with Gasteiger partial charge in [0.05, 0.1) is 6.10 Å². The number of nitrogens with one attached hydrogen (secondary N) is 1. The Morgan fingerprint density at radius 1 is 1.27 bits per heavy atom. The molecular formula is C13H25NO. The lowest BCUT2D eigenvalue weighted by Crippen LogP contribution is -2.33. The summed E-state index contributed by atoms with van der Waals surface area (Å²) in [6.07, 6.45) is 9.93. The van der Waals surface area contributed by atoms with E-state index < -0.39 is 0 Å². The summed E-state index contributed by atoms with van der Waals surface area (Å²) in [6, 6.07) is 0.723. The van der Waals surface area contributed by atoms with Gasteiger partial charge in [-0.3, -0.25) is 0 Å². The second-order valence-electron chi connectivity index (χ2n) is 5.20. The molecule has 0 aromatic carbocycles. The molecule has 0 aromatic rings. The molecule has 1 aliphatic heterocycles. The summed E-state index contributed by atoms with van der Waals surface area (Å²) in [7, 11) is 0. The fourth-order valence-corrected chi connectivity index (χ4v) is 2.51. The summed E-state index contributed by atoms with van der Waals surface area (Å²) in [5.74, 6) is 1.03. The van der Waals surface area contributed by atoms with E-state index in [9.17, 15) is 0 Å². The van der Waals surface area contributed by atoms with Gasteiger partial charge >= 0.3 is 0 Å². The topological polar surface area (TPSA) is 21.3 Å². The second kappa shape index (κ2) is 5.86. The number of hydrogen-bond donors (Lipinski definition) is 1.